The zero-order chi connectivity index (χ0) is 27.7. The zero-order valence-electron chi connectivity index (χ0n) is 22.8. The van der Waals surface area contributed by atoms with E-state index in [0.717, 1.165) is 35.1 Å². The average Bonchev–Trinajstić information content (AvgIpc) is 3.01. The molecule has 206 valence electrons. The highest BCUT2D eigenvalue weighted by atomic mass is 19.1. The van der Waals surface area contributed by atoms with Crippen LogP contribution in [0.25, 0.3) is 0 Å². The minimum atomic E-state index is -0.408. The summed E-state index contributed by atoms with van der Waals surface area (Å²) in [6.45, 7) is 3.80. The summed E-state index contributed by atoms with van der Waals surface area (Å²) < 4.78 is 27.4. The maximum atomic E-state index is 15.3. The molecule has 0 aliphatic carbocycles. The van der Waals surface area contributed by atoms with Gasteiger partial charge in [-0.2, -0.15) is 0 Å². The Hall–Kier alpha value is -4.32. The molecule has 1 atom stereocenters. The SMILES string of the molecule is C[C@H](NC(=O)N1CCC(c2cc(F)c(OCc3ccccc3)cc2OCc2ccccc2)CC1)c1ccccc1. The van der Waals surface area contributed by atoms with Crippen molar-refractivity contribution < 1.29 is 18.7 Å². The van der Waals surface area contributed by atoms with Crippen molar-refractivity contribution in [1.29, 1.82) is 0 Å². The fourth-order valence-electron chi connectivity index (χ4n) is 5.07. The Labute approximate surface area is 235 Å². The van der Waals surface area contributed by atoms with Gasteiger partial charge in [0.25, 0.3) is 0 Å². The minimum Gasteiger partial charge on any atom is -0.488 e. The molecule has 0 aromatic heterocycles. The van der Waals surface area contributed by atoms with Gasteiger partial charge in [0, 0.05) is 24.7 Å². The average molecular weight is 539 g/mol. The van der Waals surface area contributed by atoms with Gasteiger partial charge < -0.3 is 19.7 Å². The molecule has 0 bridgehead atoms. The molecule has 2 amide bonds. The lowest BCUT2D eigenvalue weighted by molar-refractivity contribution is 0.177. The number of benzene rings is 4. The van der Waals surface area contributed by atoms with Crippen molar-refractivity contribution in [2.45, 2.75) is 44.9 Å². The molecule has 1 N–H and O–H groups in total. The molecule has 6 heteroatoms. The molecular formula is C34H35FN2O3. The van der Waals surface area contributed by atoms with Crippen LogP contribution in [0.1, 0.15) is 54.0 Å². The standard InChI is InChI=1S/C34H35FN2O3/c1-25(28-15-9-4-10-16-28)36-34(38)37-19-17-29(18-20-37)30-21-31(35)33(40-24-27-13-7-3-8-14-27)22-32(30)39-23-26-11-5-2-6-12-26/h2-16,21-22,25,29H,17-20,23-24H2,1H3,(H,36,38)/t25-/m0/s1. The van der Waals surface area contributed by atoms with E-state index >= 15 is 4.39 Å². The zero-order valence-corrected chi connectivity index (χ0v) is 22.8. The molecule has 4 aromatic rings. The fourth-order valence-corrected chi connectivity index (χ4v) is 5.07. The number of piperidine rings is 1. The van der Waals surface area contributed by atoms with E-state index in [9.17, 15) is 4.79 Å². The normalized spacial score (nSPS) is 14.4. The van der Waals surface area contributed by atoms with Gasteiger partial charge in [-0.3, -0.25) is 0 Å². The van der Waals surface area contributed by atoms with Crippen molar-refractivity contribution in [3.63, 3.8) is 0 Å². The smallest absolute Gasteiger partial charge is 0.317 e. The van der Waals surface area contributed by atoms with Gasteiger partial charge in [-0.15, -0.1) is 0 Å². The predicted molar refractivity (Wildman–Crippen MR) is 155 cm³/mol. The van der Waals surface area contributed by atoms with Gasteiger partial charge >= 0.3 is 6.03 Å². The number of amides is 2. The predicted octanol–water partition coefficient (Wildman–Crippen LogP) is 7.63. The van der Waals surface area contributed by atoms with Gasteiger partial charge in [-0.05, 0) is 48.4 Å². The summed E-state index contributed by atoms with van der Waals surface area (Å²) in [4.78, 5) is 14.8. The number of halogens is 1. The molecule has 4 aromatic carbocycles. The van der Waals surface area contributed by atoms with Crippen LogP contribution < -0.4 is 14.8 Å². The van der Waals surface area contributed by atoms with Crippen LogP contribution in [0.3, 0.4) is 0 Å². The molecule has 5 rings (SSSR count). The van der Waals surface area contributed by atoms with Crippen molar-refractivity contribution in [2.75, 3.05) is 13.1 Å². The van der Waals surface area contributed by atoms with Crippen LogP contribution in [0.5, 0.6) is 11.5 Å². The van der Waals surface area contributed by atoms with Crippen LogP contribution in [0.15, 0.2) is 103 Å². The van der Waals surface area contributed by atoms with Gasteiger partial charge in [0.05, 0.1) is 6.04 Å². The van der Waals surface area contributed by atoms with Gasteiger partial charge in [-0.1, -0.05) is 91.0 Å². The first-order valence-corrected chi connectivity index (χ1v) is 13.8. The highest BCUT2D eigenvalue weighted by Gasteiger charge is 2.28. The van der Waals surface area contributed by atoms with Crippen molar-refractivity contribution in [3.05, 3.63) is 131 Å². The number of hydrogen-bond donors (Lipinski definition) is 1. The highest BCUT2D eigenvalue weighted by Crippen LogP contribution is 2.38. The lowest BCUT2D eigenvalue weighted by atomic mass is 9.88. The summed E-state index contributed by atoms with van der Waals surface area (Å²) in [7, 11) is 0. The molecule has 0 radical (unpaired) electrons. The van der Waals surface area contributed by atoms with Crippen molar-refractivity contribution in [2.24, 2.45) is 0 Å². The Balaban J connectivity index is 1.28. The number of likely N-dealkylation sites (tertiary alicyclic amines) is 1. The number of rotatable bonds is 9. The number of ether oxygens (including phenoxy) is 2. The van der Waals surface area contributed by atoms with E-state index in [1.807, 2.05) is 103 Å². The molecule has 5 nitrogen and oxygen atoms in total. The van der Waals surface area contributed by atoms with Crippen LogP contribution in [-0.4, -0.2) is 24.0 Å². The third-order valence-corrected chi connectivity index (χ3v) is 7.40. The minimum absolute atomic E-state index is 0.0686. The summed E-state index contributed by atoms with van der Waals surface area (Å²) in [6.07, 6.45) is 1.44. The van der Waals surface area contributed by atoms with E-state index in [1.165, 1.54) is 0 Å². The largest absolute Gasteiger partial charge is 0.488 e. The molecule has 1 saturated heterocycles. The van der Waals surface area contributed by atoms with Crippen LogP contribution in [0, 0.1) is 5.82 Å². The molecule has 0 spiro atoms. The summed E-state index contributed by atoms with van der Waals surface area (Å²) >= 11 is 0. The summed E-state index contributed by atoms with van der Waals surface area (Å²) in [6, 6.07) is 32.6. The Bertz CT molecular complexity index is 1370. The highest BCUT2D eigenvalue weighted by molar-refractivity contribution is 5.74. The van der Waals surface area contributed by atoms with E-state index < -0.39 is 5.82 Å². The first kappa shape index (κ1) is 27.3. The Kier molecular flexibility index (Phi) is 8.96. The fraction of sp³-hybridized carbons (Fsp3) is 0.265. The second-order valence-electron chi connectivity index (χ2n) is 10.2. The molecule has 0 unspecified atom stereocenters. The monoisotopic (exact) mass is 538 g/mol. The van der Waals surface area contributed by atoms with Crippen LogP contribution in [-0.2, 0) is 13.2 Å². The number of nitrogens with zero attached hydrogens (tertiary/aromatic N) is 1. The Morgan fingerprint density at radius 2 is 1.35 bits per heavy atom. The lowest BCUT2D eigenvalue weighted by Gasteiger charge is -2.33. The van der Waals surface area contributed by atoms with Crippen LogP contribution >= 0.6 is 0 Å². The number of urea groups is 1. The van der Waals surface area contributed by atoms with E-state index in [1.54, 1.807) is 12.1 Å². The van der Waals surface area contributed by atoms with E-state index in [0.29, 0.717) is 25.4 Å². The molecular weight excluding hydrogens is 503 g/mol. The number of carbonyl (C=O) groups excluding carboxylic acids is 1. The van der Waals surface area contributed by atoms with Gasteiger partial charge in [0.1, 0.15) is 19.0 Å². The van der Waals surface area contributed by atoms with Gasteiger partial charge in [-0.25, -0.2) is 9.18 Å². The van der Waals surface area contributed by atoms with Crippen molar-refractivity contribution in [1.82, 2.24) is 10.2 Å². The van der Waals surface area contributed by atoms with Gasteiger partial charge in [0.15, 0.2) is 11.6 Å². The molecule has 1 aliphatic rings. The summed E-state index contributed by atoms with van der Waals surface area (Å²) in [5.74, 6) is 0.449. The molecule has 40 heavy (non-hydrogen) atoms. The molecule has 1 aliphatic heterocycles. The quantitative estimate of drug-likeness (QED) is 0.238. The third kappa shape index (κ3) is 7.00. The lowest BCUT2D eigenvalue weighted by Crippen LogP contribution is -2.44. The first-order valence-electron chi connectivity index (χ1n) is 13.8. The molecule has 1 fully saturated rings. The second kappa shape index (κ2) is 13.2. The third-order valence-electron chi connectivity index (χ3n) is 7.40. The topological polar surface area (TPSA) is 50.8 Å². The first-order chi connectivity index (χ1) is 19.6. The molecule has 1 heterocycles. The Morgan fingerprint density at radius 3 is 1.93 bits per heavy atom. The second-order valence-corrected chi connectivity index (χ2v) is 10.2. The summed E-state index contributed by atoms with van der Waals surface area (Å²) in [5.41, 5.74) is 3.88. The van der Waals surface area contributed by atoms with Gasteiger partial charge in [0.2, 0.25) is 0 Å². The van der Waals surface area contributed by atoms with Crippen molar-refractivity contribution >= 4 is 6.03 Å². The van der Waals surface area contributed by atoms with E-state index in [2.05, 4.69) is 5.32 Å². The van der Waals surface area contributed by atoms with Crippen LogP contribution in [0.4, 0.5) is 9.18 Å². The number of carbonyl (C=O) groups is 1. The maximum Gasteiger partial charge on any atom is 0.317 e. The van der Waals surface area contributed by atoms with Crippen LogP contribution in [0.2, 0.25) is 0 Å². The van der Waals surface area contributed by atoms with E-state index in [4.69, 9.17) is 9.47 Å². The molecule has 0 saturated carbocycles. The number of hydrogen-bond acceptors (Lipinski definition) is 3. The summed E-state index contributed by atoms with van der Waals surface area (Å²) in [5, 5.41) is 3.10. The van der Waals surface area contributed by atoms with Crippen molar-refractivity contribution in [3.8, 4) is 11.5 Å². The maximum absolute atomic E-state index is 15.3. The van der Waals surface area contributed by atoms with E-state index in [-0.39, 0.29) is 30.3 Å². The Morgan fingerprint density at radius 1 is 0.825 bits per heavy atom. The number of nitrogens with one attached hydrogen (secondary N) is 1.